The van der Waals surface area contributed by atoms with Crippen LogP contribution in [0.1, 0.15) is 39.0 Å². The molecule has 0 spiro atoms. The second-order valence-electron chi connectivity index (χ2n) is 6.45. The Morgan fingerprint density at radius 1 is 1.33 bits per heavy atom. The van der Waals surface area contributed by atoms with Crippen molar-refractivity contribution in [3.63, 3.8) is 0 Å². The van der Waals surface area contributed by atoms with Crippen molar-refractivity contribution in [1.29, 1.82) is 0 Å². The van der Waals surface area contributed by atoms with Gasteiger partial charge in [-0.3, -0.25) is 4.98 Å². The first-order valence-corrected chi connectivity index (χ1v) is 7.05. The fraction of sp³-hybridized carbons (Fsp3) is 0.533. The van der Waals surface area contributed by atoms with Crippen molar-refractivity contribution in [3.8, 4) is 0 Å². The van der Waals surface area contributed by atoms with Gasteiger partial charge >= 0.3 is 7.12 Å². The third-order valence-electron chi connectivity index (χ3n) is 4.15. The van der Waals surface area contributed by atoms with Gasteiger partial charge in [0, 0.05) is 6.20 Å². The summed E-state index contributed by atoms with van der Waals surface area (Å²) in [5, 5.41) is 9.64. The molecule has 2 rings (SSSR count). The summed E-state index contributed by atoms with van der Waals surface area (Å²) in [4.78, 5) is 4.29. The van der Waals surface area contributed by atoms with Crippen molar-refractivity contribution in [2.24, 2.45) is 0 Å². The number of rotatable bonds is 3. The maximum atomic E-state index is 9.64. The number of aromatic nitrogens is 1. The number of nitrogens with two attached hydrogens (primary N) is 1. The van der Waals surface area contributed by atoms with E-state index in [4.69, 9.17) is 15.0 Å². The van der Waals surface area contributed by atoms with Gasteiger partial charge in [0.25, 0.3) is 0 Å². The van der Waals surface area contributed by atoms with Gasteiger partial charge in [-0.1, -0.05) is 0 Å². The number of hydrogen-bond donors (Lipinski definition) is 2. The number of aliphatic hydroxyl groups is 1. The fourth-order valence-corrected chi connectivity index (χ4v) is 2.08. The van der Waals surface area contributed by atoms with Gasteiger partial charge in [-0.2, -0.15) is 0 Å². The van der Waals surface area contributed by atoms with Crippen molar-refractivity contribution in [2.75, 3.05) is 12.3 Å². The Kier molecular flexibility index (Phi) is 4.15. The summed E-state index contributed by atoms with van der Waals surface area (Å²) in [6, 6.07) is 1.85. The van der Waals surface area contributed by atoms with Crippen LogP contribution in [0.2, 0.25) is 0 Å². The molecule has 3 N–H and O–H groups in total. The summed E-state index contributed by atoms with van der Waals surface area (Å²) in [5.74, 6) is 0. The molecule has 1 aliphatic heterocycles. The van der Waals surface area contributed by atoms with Gasteiger partial charge in [-0.15, -0.1) is 0 Å². The SMILES string of the molecule is Cc1cnc(C=C(CO)B2OC(C)(C)C(C)(C)O2)c(N)c1. The minimum atomic E-state index is -0.595. The molecule has 21 heavy (non-hydrogen) atoms. The highest BCUT2D eigenvalue weighted by atomic mass is 16.7. The van der Waals surface area contributed by atoms with E-state index in [9.17, 15) is 5.11 Å². The zero-order chi connectivity index (χ0) is 15.8. The number of nitrogens with zero attached hydrogens (tertiary/aromatic N) is 1. The first-order chi connectivity index (χ1) is 9.66. The molecule has 0 unspecified atom stereocenters. The first-order valence-electron chi connectivity index (χ1n) is 7.05. The summed E-state index contributed by atoms with van der Waals surface area (Å²) in [7, 11) is -0.595. The average Bonchev–Trinajstić information content (AvgIpc) is 2.57. The Morgan fingerprint density at radius 3 is 2.38 bits per heavy atom. The largest absolute Gasteiger partial charge is 0.492 e. The molecule has 2 heterocycles. The number of pyridine rings is 1. The Hall–Kier alpha value is -1.37. The molecule has 1 aromatic heterocycles. The van der Waals surface area contributed by atoms with Crippen molar-refractivity contribution >= 4 is 18.9 Å². The Balaban J connectivity index is 2.31. The van der Waals surface area contributed by atoms with Crippen LogP contribution >= 0.6 is 0 Å². The third kappa shape index (κ3) is 3.12. The molecule has 114 valence electrons. The van der Waals surface area contributed by atoms with Gasteiger partial charge in [-0.25, -0.2) is 0 Å². The molecular weight excluding hydrogens is 267 g/mol. The number of hydrogen-bond acceptors (Lipinski definition) is 5. The zero-order valence-corrected chi connectivity index (χ0v) is 13.3. The lowest BCUT2D eigenvalue weighted by Crippen LogP contribution is -2.41. The van der Waals surface area contributed by atoms with Gasteiger partial charge in [-0.05, 0) is 57.8 Å². The van der Waals surface area contributed by atoms with E-state index in [1.54, 1.807) is 12.3 Å². The molecule has 1 fully saturated rings. The topological polar surface area (TPSA) is 77.6 Å². The van der Waals surface area contributed by atoms with E-state index in [1.807, 2.05) is 40.7 Å². The maximum Gasteiger partial charge on any atom is 0.492 e. The number of nitrogen functional groups attached to an aromatic ring is 1. The van der Waals surface area contributed by atoms with E-state index in [1.165, 1.54) is 0 Å². The normalized spacial score (nSPS) is 20.9. The van der Waals surface area contributed by atoms with Crippen LogP contribution in [0.25, 0.3) is 6.08 Å². The van der Waals surface area contributed by atoms with Crippen molar-refractivity contribution in [1.82, 2.24) is 4.98 Å². The van der Waals surface area contributed by atoms with Crippen LogP contribution in [0.4, 0.5) is 5.69 Å². The monoisotopic (exact) mass is 290 g/mol. The Morgan fingerprint density at radius 2 is 1.90 bits per heavy atom. The van der Waals surface area contributed by atoms with Gasteiger partial charge in [0.1, 0.15) is 0 Å². The molecule has 1 saturated heterocycles. The van der Waals surface area contributed by atoms with E-state index in [0.29, 0.717) is 16.9 Å². The lowest BCUT2D eigenvalue weighted by atomic mass is 9.78. The van der Waals surface area contributed by atoms with Crippen LogP contribution in [0.15, 0.2) is 17.7 Å². The van der Waals surface area contributed by atoms with E-state index in [0.717, 1.165) is 5.56 Å². The summed E-state index contributed by atoms with van der Waals surface area (Å²) in [6.07, 6.45) is 3.47. The van der Waals surface area contributed by atoms with Crippen LogP contribution in [0.3, 0.4) is 0 Å². The van der Waals surface area contributed by atoms with Crippen LogP contribution in [-0.4, -0.2) is 35.0 Å². The lowest BCUT2D eigenvalue weighted by Gasteiger charge is -2.32. The molecule has 1 aliphatic rings. The van der Waals surface area contributed by atoms with E-state index < -0.39 is 18.3 Å². The maximum absolute atomic E-state index is 9.64. The predicted molar refractivity (Wildman–Crippen MR) is 84.5 cm³/mol. The van der Waals surface area contributed by atoms with Crippen LogP contribution in [-0.2, 0) is 9.31 Å². The highest BCUT2D eigenvalue weighted by Crippen LogP contribution is 2.38. The summed E-state index contributed by atoms with van der Waals surface area (Å²) >= 11 is 0. The third-order valence-corrected chi connectivity index (χ3v) is 4.15. The van der Waals surface area contributed by atoms with Gasteiger partial charge in [0.05, 0.1) is 29.2 Å². The highest BCUT2D eigenvalue weighted by molar-refractivity contribution is 6.55. The number of aliphatic hydroxyl groups excluding tert-OH is 1. The first kappa shape index (κ1) is 16.0. The van der Waals surface area contributed by atoms with E-state index in [2.05, 4.69) is 4.98 Å². The van der Waals surface area contributed by atoms with Crippen molar-refractivity contribution in [3.05, 3.63) is 29.0 Å². The van der Waals surface area contributed by atoms with Gasteiger partial charge in [0.15, 0.2) is 0 Å². The average molecular weight is 290 g/mol. The van der Waals surface area contributed by atoms with Gasteiger partial charge < -0.3 is 20.1 Å². The molecule has 0 aromatic carbocycles. The number of aryl methyl sites for hydroxylation is 1. The second-order valence-corrected chi connectivity index (χ2v) is 6.45. The molecule has 0 atom stereocenters. The fourth-order valence-electron chi connectivity index (χ4n) is 2.08. The van der Waals surface area contributed by atoms with Crippen LogP contribution < -0.4 is 5.73 Å². The zero-order valence-electron chi connectivity index (χ0n) is 13.3. The molecule has 1 aromatic rings. The van der Waals surface area contributed by atoms with E-state index in [-0.39, 0.29) is 6.61 Å². The summed E-state index contributed by atoms with van der Waals surface area (Å²) < 4.78 is 11.9. The highest BCUT2D eigenvalue weighted by Gasteiger charge is 2.52. The molecule has 0 saturated carbocycles. The van der Waals surface area contributed by atoms with Crippen molar-refractivity contribution < 1.29 is 14.4 Å². The smallest absolute Gasteiger partial charge is 0.400 e. The summed E-state index contributed by atoms with van der Waals surface area (Å²) in [6.45, 7) is 9.64. The lowest BCUT2D eigenvalue weighted by molar-refractivity contribution is 0.00578. The predicted octanol–water partition coefficient (Wildman–Crippen LogP) is 1.98. The summed E-state index contributed by atoms with van der Waals surface area (Å²) in [5.41, 5.74) is 7.84. The minimum Gasteiger partial charge on any atom is -0.400 e. The molecule has 0 bridgehead atoms. The van der Waals surface area contributed by atoms with Crippen LogP contribution in [0.5, 0.6) is 0 Å². The standard InChI is InChI=1S/C15H23BN2O3/c1-10-6-12(17)13(18-8-10)7-11(9-19)16-20-14(2,3)15(4,5)21-16/h6-8,19H,9,17H2,1-5H3. The number of anilines is 1. The Labute approximate surface area is 126 Å². The molecule has 0 aliphatic carbocycles. The molecular formula is C15H23BN2O3. The molecule has 6 heteroatoms. The second kappa shape index (κ2) is 5.44. The molecule has 0 amide bonds. The van der Waals surface area contributed by atoms with Crippen LogP contribution in [0, 0.1) is 6.92 Å². The van der Waals surface area contributed by atoms with E-state index >= 15 is 0 Å². The Bertz CT molecular complexity index is 554. The minimum absolute atomic E-state index is 0.175. The molecule has 5 nitrogen and oxygen atoms in total. The van der Waals surface area contributed by atoms with Gasteiger partial charge in [0.2, 0.25) is 0 Å². The molecule has 0 radical (unpaired) electrons. The van der Waals surface area contributed by atoms with Crippen molar-refractivity contribution in [2.45, 2.75) is 45.8 Å². The quantitative estimate of drug-likeness (QED) is 0.832.